The molecule has 0 aromatic carbocycles. The fourth-order valence-electron chi connectivity index (χ4n) is 2.47. The summed E-state index contributed by atoms with van der Waals surface area (Å²) in [5, 5.41) is 3.51. The van der Waals surface area contributed by atoms with E-state index in [0.29, 0.717) is 12.5 Å². The van der Waals surface area contributed by atoms with E-state index >= 15 is 0 Å². The fourth-order valence-corrected chi connectivity index (χ4v) is 2.47. The van der Waals surface area contributed by atoms with Gasteiger partial charge in [0, 0.05) is 36.2 Å². The number of aromatic nitrogens is 1. The molecule has 0 bridgehead atoms. The summed E-state index contributed by atoms with van der Waals surface area (Å²) in [4.78, 5) is 6.80. The molecule has 1 aromatic rings. The molecule has 1 fully saturated rings. The van der Waals surface area contributed by atoms with E-state index in [9.17, 15) is 0 Å². The van der Waals surface area contributed by atoms with E-state index in [1.807, 2.05) is 13.1 Å². The lowest BCUT2D eigenvalue weighted by atomic mass is 10.1. The molecule has 21 heavy (non-hydrogen) atoms. The van der Waals surface area contributed by atoms with E-state index in [4.69, 9.17) is 6.42 Å². The van der Waals surface area contributed by atoms with Gasteiger partial charge in [0.05, 0.1) is 6.54 Å². The number of anilines is 1. The summed E-state index contributed by atoms with van der Waals surface area (Å²) >= 11 is 0. The molecule has 1 heterocycles. The standard InChI is InChI=1S/C18H27N3/c1-5-8-21(13-16-6-7-16)18-9-15(4)20-12-17(18)11-19-10-14(2)3/h1,9,12,14,16,19H,6-8,10-11,13H2,2-4H3. The molecule has 0 spiro atoms. The van der Waals surface area contributed by atoms with E-state index in [-0.39, 0.29) is 0 Å². The van der Waals surface area contributed by atoms with Gasteiger partial charge in [0.25, 0.3) is 0 Å². The van der Waals surface area contributed by atoms with Crippen LogP contribution in [0, 0.1) is 31.1 Å². The molecular formula is C18H27N3. The molecule has 0 unspecified atom stereocenters. The Bertz CT molecular complexity index is 498. The highest BCUT2D eigenvalue weighted by molar-refractivity contribution is 5.54. The van der Waals surface area contributed by atoms with Crippen molar-refractivity contribution in [3.8, 4) is 12.3 Å². The Morgan fingerprint density at radius 2 is 2.24 bits per heavy atom. The van der Waals surface area contributed by atoms with Crippen molar-refractivity contribution in [3.05, 3.63) is 23.5 Å². The van der Waals surface area contributed by atoms with Crippen molar-refractivity contribution in [2.24, 2.45) is 11.8 Å². The zero-order valence-electron chi connectivity index (χ0n) is 13.5. The second-order valence-corrected chi connectivity index (χ2v) is 6.51. The Morgan fingerprint density at radius 1 is 1.48 bits per heavy atom. The second kappa shape index (κ2) is 7.47. The molecule has 0 amide bonds. The molecule has 1 N–H and O–H groups in total. The van der Waals surface area contributed by atoms with Gasteiger partial charge >= 0.3 is 0 Å². The quantitative estimate of drug-likeness (QED) is 0.744. The highest BCUT2D eigenvalue weighted by Crippen LogP contribution is 2.32. The largest absolute Gasteiger partial charge is 0.360 e. The lowest BCUT2D eigenvalue weighted by molar-refractivity contribution is 0.551. The van der Waals surface area contributed by atoms with Crippen molar-refractivity contribution in [2.75, 3.05) is 24.5 Å². The van der Waals surface area contributed by atoms with Crippen molar-refractivity contribution >= 4 is 5.69 Å². The van der Waals surface area contributed by atoms with Crippen LogP contribution in [0.25, 0.3) is 0 Å². The molecule has 0 atom stereocenters. The molecule has 2 rings (SSSR count). The highest BCUT2D eigenvalue weighted by atomic mass is 15.1. The van der Waals surface area contributed by atoms with E-state index < -0.39 is 0 Å². The van der Waals surface area contributed by atoms with Gasteiger partial charge in [0.1, 0.15) is 0 Å². The van der Waals surface area contributed by atoms with E-state index in [0.717, 1.165) is 31.2 Å². The molecule has 3 heteroatoms. The summed E-state index contributed by atoms with van der Waals surface area (Å²) in [7, 11) is 0. The normalized spacial score (nSPS) is 14.2. The van der Waals surface area contributed by atoms with Crippen LogP contribution in [-0.2, 0) is 6.54 Å². The molecule has 1 aliphatic carbocycles. The van der Waals surface area contributed by atoms with Crippen LogP contribution in [0.2, 0.25) is 0 Å². The number of pyridine rings is 1. The Hall–Kier alpha value is -1.53. The molecular weight excluding hydrogens is 258 g/mol. The molecule has 0 saturated heterocycles. The van der Waals surface area contributed by atoms with E-state index in [2.05, 4.69) is 41.0 Å². The van der Waals surface area contributed by atoms with Crippen LogP contribution in [0.3, 0.4) is 0 Å². The van der Waals surface area contributed by atoms with Crippen molar-refractivity contribution < 1.29 is 0 Å². The molecule has 114 valence electrons. The van der Waals surface area contributed by atoms with E-state index in [1.54, 1.807) is 0 Å². The summed E-state index contributed by atoms with van der Waals surface area (Å²) < 4.78 is 0. The topological polar surface area (TPSA) is 28.2 Å². The van der Waals surface area contributed by atoms with Crippen molar-refractivity contribution in [3.63, 3.8) is 0 Å². The summed E-state index contributed by atoms with van der Waals surface area (Å²) in [6.07, 6.45) is 10.2. The molecule has 0 radical (unpaired) electrons. The number of hydrogen-bond acceptors (Lipinski definition) is 3. The van der Waals surface area contributed by atoms with Crippen LogP contribution in [0.15, 0.2) is 12.3 Å². The molecule has 1 aliphatic rings. The van der Waals surface area contributed by atoms with Gasteiger partial charge in [-0.1, -0.05) is 19.8 Å². The third-order valence-electron chi connectivity index (χ3n) is 3.77. The number of terminal acetylenes is 1. The third kappa shape index (κ3) is 5.06. The lowest BCUT2D eigenvalue weighted by Crippen LogP contribution is -2.29. The van der Waals surface area contributed by atoms with Crippen molar-refractivity contribution in [1.29, 1.82) is 0 Å². The van der Waals surface area contributed by atoms with Crippen molar-refractivity contribution in [1.82, 2.24) is 10.3 Å². The Morgan fingerprint density at radius 3 is 2.86 bits per heavy atom. The zero-order valence-corrected chi connectivity index (χ0v) is 13.5. The van der Waals surface area contributed by atoms with Gasteiger partial charge in [-0.3, -0.25) is 4.98 Å². The predicted octanol–water partition coefficient (Wildman–Crippen LogP) is 2.99. The number of nitrogens with one attached hydrogen (secondary N) is 1. The smallest absolute Gasteiger partial charge is 0.0791 e. The summed E-state index contributed by atoms with van der Waals surface area (Å²) in [6, 6.07) is 2.17. The van der Waals surface area contributed by atoms with Crippen LogP contribution in [0.4, 0.5) is 5.69 Å². The zero-order chi connectivity index (χ0) is 15.2. The first-order chi connectivity index (χ1) is 10.1. The number of aryl methyl sites for hydroxylation is 1. The molecule has 0 aliphatic heterocycles. The van der Waals surface area contributed by atoms with Crippen LogP contribution < -0.4 is 10.2 Å². The molecule has 3 nitrogen and oxygen atoms in total. The van der Waals surface area contributed by atoms with Crippen LogP contribution in [0.1, 0.15) is 37.9 Å². The van der Waals surface area contributed by atoms with Gasteiger partial charge in [-0.25, -0.2) is 0 Å². The first kappa shape index (κ1) is 15.9. The number of hydrogen-bond donors (Lipinski definition) is 1. The van der Waals surface area contributed by atoms with Gasteiger partial charge in [0.15, 0.2) is 0 Å². The maximum absolute atomic E-state index is 5.57. The monoisotopic (exact) mass is 285 g/mol. The van der Waals surface area contributed by atoms with Gasteiger partial charge in [-0.05, 0) is 44.2 Å². The summed E-state index contributed by atoms with van der Waals surface area (Å²) in [6.45, 7) is 10.1. The Balaban J connectivity index is 2.13. The summed E-state index contributed by atoms with van der Waals surface area (Å²) in [5.41, 5.74) is 3.55. The number of rotatable bonds is 8. The minimum Gasteiger partial charge on any atom is -0.360 e. The minimum absolute atomic E-state index is 0.653. The first-order valence-electron chi connectivity index (χ1n) is 7.94. The summed E-state index contributed by atoms with van der Waals surface area (Å²) in [5.74, 6) is 4.28. The Kier molecular flexibility index (Phi) is 5.64. The minimum atomic E-state index is 0.653. The third-order valence-corrected chi connectivity index (χ3v) is 3.77. The maximum atomic E-state index is 5.57. The van der Waals surface area contributed by atoms with Gasteiger partial charge in [-0.2, -0.15) is 0 Å². The van der Waals surface area contributed by atoms with Gasteiger partial charge in [0.2, 0.25) is 0 Å². The molecule has 1 aromatic heterocycles. The second-order valence-electron chi connectivity index (χ2n) is 6.51. The van der Waals surface area contributed by atoms with Crippen molar-refractivity contribution in [2.45, 2.75) is 40.2 Å². The average molecular weight is 285 g/mol. The SMILES string of the molecule is C#CCN(CC1CC1)c1cc(C)ncc1CNCC(C)C. The molecule has 1 saturated carbocycles. The fraction of sp³-hybridized carbons (Fsp3) is 0.611. The highest BCUT2D eigenvalue weighted by Gasteiger charge is 2.25. The first-order valence-corrected chi connectivity index (χ1v) is 7.94. The van der Waals surface area contributed by atoms with Crippen LogP contribution in [0.5, 0.6) is 0 Å². The average Bonchev–Trinajstić information content (AvgIpc) is 3.23. The maximum Gasteiger partial charge on any atom is 0.0791 e. The predicted molar refractivity (Wildman–Crippen MR) is 89.3 cm³/mol. The Labute approximate surface area is 129 Å². The lowest BCUT2D eigenvalue weighted by Gasteiger charge is -2.25. The van der Waals surface area contributed by atoms with E-state index in [1.165, 1.54) is 24.1 Å². The van der Waals surface area contributed by atoms with Crippen LogP contribution >= 0.6 is 0 Å². The van der Waals surface area contributed by atoms with Gasteiger partial charge in [-0.15, -0.1) is 6.42 Å². The number of nitrogens with zero attached hydrogens (tertiary/aromatic N) is 2. The van der Waals surface area contributed by atoms with Gasteiger partial charge < -0.3 is 10.2 Å². The van der Waals surface area contributed by atoms with Crippen LogP contribution in [-0.4, -0.2) is 24.6 Å².